The maximum Gasteiger partial charge on any atom is 0.129 e. The molecule has 1 aromatic carbocycles. The molecular formula is C18H22FNS. The normalized spacial score (nSPS) is 15.8. The number of hydrogen-bond acceptors (Lipinski definition) is 2. The Balaban J connectivity index is 2.00. The molecule has 1 aromatic heterocycles. The van der Waals surface area contributed by atoms with E-state index in [-0.39, 0.29) is 11.9 Å². The fraction of sp³-hybridized carbons (Fsp3) is 0.444. The third kappa shape index (κ3) is 2.77. The Morgan fingerprint density at radius 3 is 2.38 bits per heavy atom. The van der Waals surface area contributed by atoms with Crippen LogP contribution in [0.3, 0.4) is 0 Å². The summed E-state index contributed by atoms with van der Waals surface area (Å²) in [5, 5.41) is 3.41. The molecular weight excluding hydrogens is 281 g/mol. The first-order valence-electron chi connectivity index (χ1n) is 7.65. The van der Waals surface area contributed by atoms with Gasteiger partial charge >= 0.3 is 0 Å². The molecule has 1 unspecified atom stereocenters. The largest absolute Gasteiger partial charge is 0.309 e. The lowest BCUT2D eigenvalue weighted by Gasteiger charge is -2.17. The molecule has 1 N–H and O–H groups in total. The molecule has 0 amide bonds. The summed E-state index contributed by atoms with van der Waals surface area (Å²) >= 11 is 1.92. The van der Waals surface area contributed by atoms with Gasteiger partial charge in [0.25, 0.3) is 0 Å². The molecule has 1 aliphatic carbocycles. The zero-order valence-corrected chi connectivity index (χ0v) is 13.7. The number of halogens is 1. The molecule has 3 heteroatoms. The Bertz CT molecular complexity index is 613. The second kappa shape index (κ2) is 5.90. The molecule has 21 heavy (non-hydrogen) atoms. The van der Waals surface area contributed by atoms with E-state index in [2.05, 4.69) is 11.4 Å². The van der Waals surface area contributed by atoms with Crippen LogP contribution < -0.4 is 5.32 Å². The van der Waals surface area contributed by atoms with Crippen LogP contribution in [0.1, 0.15) is 50.9 Å². The SMILES string of the molecule is CNC(c1cc(C)c(F)c(C)c1)c1cc2c(s1)CCCC2. The van der Waals surface area contributed by atoms with Crippen molar-refractivity contribution in [1.82, 2.24) is 5.32 Å². The average molecular weight is 303 g/mol. The summed E-state index contributed by atoms with van der Waals surface area (Å²) < 4.78 is 13.8. The number of hydrogen-bond donors (Lipinski definition) is 1. The molecule has 0 saturated heterocycles. The molecule has 112 valence electrons. The Kier molecular flexibility index (Phi) is 4.14. The van der Waals surface area contributed by atoms with E-state index in [1.54, 1.807) is 4.88 Å². The van der Waals surface area contributed by atoms with Crippen LogP contribution in [0.2, 0.25) is 0 Å². The van der Waals surface area contributed by atoms with Crippen LogP contribution in [0.5, 0.6) is 0 Å². The molecule has 0 bridgehead atoms. The van der Waals surface area contributed by atoms with Crippen molar-refractivity contribution in [3.63, 3.8) is 0 Å². The third-order valence-corrected chi connectivity index (χ3v) is 5.68. The third-order valence-electron chi connectivity index (χ3n) is 4.38. The first kappa shape index (κ1) is 14.7. The molecule has 0 aliphatic heterocycles. The van der Waals surface area contributed by atoms with Gasteiger partial charge in [-0.3, -0.25) is 0 Å². The van der Waals surface area contributed by atoms with Crippen molar-refractivity contribution in [3.05, 3.63) is 56.0 Å². The summed E-state index contributed by atoms with van der Waals surface area (Å²) in [7, 11) is 1.98. The van der Waals surface area contributed by atoms with Crippen LogP contribution >= 0.6 is 11.3 Å². The summed E-state index contributed by atoms with van der Waals surface area (Å²) in [6, 6.07) is 6.47. The summed E-state index contributed by atoms with van der Waals surface area (Å²) in [6.07, 6.45) is 5.05. The lowest BCUT2D eigenvalue weighted by Crippen LogP contribution is -2.17. The van der Waals surface area contributed by atoms with Gasteiger partial charge in [-0.05, 0) is 74.9 Å². The van der Waals surface area contributed by atoms with E-state index in [1.807, 2.05) is 44.4 Å². The highest BCUT2D eigenvalue weighted by atomic mass is 32.1. The van der Waals surface area contributed by atoms with E-state index < -0.39 is 0 Å². The standard InChI is InChI=1S/C18H22FNS/c1-11-8-14(9-12(2)17(11)19)18(20-3)16-10-13-6-4-5-7-15(13)21-16/h8-10,18,20H,4-7H2,1-3H3. The van der Waals surface area contributed by atoms with Crippen molar-refractivity contribution in [2.45, 2.75) is 45.6 Å². The van der Waals surface area contributed by atoms with Gasteiger partial charge in [0.2, 0.25) is 0 Å². The van der Waals surface area contributed by atoms with Gasteiger partial charge in [-0.2, -0.15) is 0 Å². The van der Waals surface area contributed by atoms with E-state index in [9.17, 15) is 4.39 Å². The summed E-state index contributed by atoms with van der Waals surface area (Å²) in [4.78, 5) is 2.90. The molecule has 1 aliphatic rings. The Labute approximate surface area is 130 Å². The average Bonchev–Trinajstić information content (AvgIpc) is 2.89. The monoisotopic (exact) mass is 303 g/mol. The van der Waals surface area contributed by atoms with Crippen LogP contribution in [0.4, 0.5) is 4.39 Å². The van der Waals surface area contributed by atoms with Crippen LogP contribution in [0.25, 0.3) is 0 Å². The van der Waals surface area contributed by atoms with E-state index in [0.717, 1.165) is 16.7 Å². The molecule has 2 aromatic rings. The molecule has 1 atom stereocenters. The Hall–Kier alpha value is -1.19. The first-order valence-corrected chi connectivity index (χ1v) is 8.47. The highest BCUT2D eigenvalue weighted by Crippen LogP contribution is 2.35. The van der Waals surface area contributed by atoms with Gasteiger partial charge in [-0.15, -0.1) is 11.3 Å². The van der Waals surface area contributed by atoms with Gasteiger partial charge in [0.15, 0.2) is 0 Å². The summed E-state index contributed by atoms with van der Waals surface area (Å²) in [5.41, 5.74) is 4.14. The van der Waals surface area contributed by atoms with Crippen LogP contribution in [-0.4, -0.2) is 7.05 Å². The molecule has 0 fully saturated rings. The van der Waals surface area contributed by atoms with Gasteiger partial charge in [-0.25, -0.2) is 4.39 Å². The maximum atomic E-state index is 13.8. The van der Waals surface area contributed by atoms with E-state index in [4.69, 9.17) is 0 Å². The second-order valence-corrected chi connectivity index (χ2v) is 7.16. The highest BCUT2D eigenvalue weighted by molar-refractivity contribution is 7.12. The Morgan fingerprint density at radius 2 is 1.76 bits per heavy atom. The van der Waals surface area contributed by atoms with Gasteiger partial charge in [-0.1, -0.05) is 12.1 Å². The number of rotatable bonds is 3. The molecule has 0 saturated carbocycles. The molecule has 1 nitrogen and oxygen atoms in total. The topological polar surface area (TPSA) is 12.0 Å². The fourth-order valence-corrected chi connectivity index (χ4v) is 4.67. The quantitative estimate of drug-likeness (QED) is 0.867. The van der Waals surface area contributed by atoms with Crippen molar-refractivity contribution < 1.29 is 4.39 Å². The predicted molar refractivity (Wildman–Crippen MR) is 87.7 cm³/mol. The number of aryl methyl sites for hydroxylation is 4. The van der Waals surface area contributed by atoms with Gasteiger partial charge < -0.3 is 5.32 Å². The minimum Gasteiger partial charge on any atom is -0.309 e. The summed E-state index contributed by atoms with van der Waals surface area (Å²) in [5.74, 6) is -0.0842. The zero-order valence-electron chi connectivity index (χ0n) is 12.9. The van der Waals surface area contributed by atoms with Crippen LogP contribution in [0, 0.1) is 19.7 Å². The van der Waals surface area contributed by atoms with Crippen molar-refractivity contribution in [2.24, 2.45) is 0 Å². The van der Waals surface area contributed by atoms with E-state index in [1.165, 1.54) is 36.1 Å². The second-order valence-electron chi connectivity index (χ2n) is 5.99. The van der Waals surface area contributed by atoms with Crippen molar-refractivity contribution in [1.29, 1.82) is 0 Å². The smallest absolute Gasteiger partial charge is 0.129 e. The predicted octanol–water partition coefficient (Wildman–Crippen LogP) is 4.69. The highest BCUT2D eigenvalue weighted by Gasteiger charge is 2.20. The maximum absolute atomic E-state index is 13.8. The minimum atomic E-state index is -0.0842. The van der Waals surface area contributed by atoms with Crippen LogP contribution in [0.15, 0.2) is 18.2 Å². The van der Waals surface area contributed by atoms with Gasteiger partial charge in [0.1, 0.15) is 5.82 Å². The molecule has 3 rings (SSSR count). The fourth-order valence-electron chi connectivity index (χ4n) is 3.28. The van der Waals surface area contributed by atoms with Gasteiger partial charge in [0.05, 0.1) is 6.04 Å². The van der Waals surface area contributed by atoms with E-state index in [0.29, 0.717) is 0 Å². The number of thiophene rings is 1. The lowest BCUT2D eigenvalue weighted by molar-refractivity contribution is 0.605. The molecule has 0 spiro atoms. The van der Waals surface area contributed by atoms with E-state index >= 15 is 0 Å². The lowest BCUT2D eigenvalue weighted by atomic mass is 9.96. The van der Waals surface area contributed by atoms with Crippen molar-refractivity contribution in [2.75, 3.05) is 7.05 Å². The number of nitrogens with one attached hydrogen (secondary N) is 1. The first-order chi connectivity index (χ1) is 10.1. The minimum absolute atomic E-state index is 0.0842. The molecule has 1 heterocycles. The molecule has 0 radical (unpaired) electrons. The summed E-state index contributed by atoms with van der Waals surface area (Å²) in [6.45, 7) is 3.69. The van der Waals surface area contributed by atoms with Crippen LogP contribution in [-0.2, 0) is 12.8 Å². The number of benzene rings is 1. The number of fused-ring (bicyclic) bond motifs is 1. The zero-order chi connectivity index (χ0) is 15.0. The Morgan fingerprint density at radius 1 is 1.10 bits per heavy atom. The van der Waals surface area contributed by atoms with Crippen molar-refractivity contribution in [3.8, 4) is 0 Å². The van der Waals surface area contributed by atoms with Crippen molar-refractivity contribution >= 4 is 11.3 Å². The van der Waals surface area contributed by atoms with Gasteiger partial charge in [0, 0.05) is 9.75 Å².